The van der Waals surface area contributed by atoms with Crippen molar-refractivity contribution in [2.75, 3.05) is 34.2 Å². The maximum atomic E-state index is 13.5. The van der Waals surface area contributed by atoms with Crippen molar-refractivity contribution in [2.45, 2.75) is 44.2 Å². The van der Waals surface area contributed by atoms with Crippen molar-refractivity contribution in [1.82, 2.24) is 0 Å². The zero-order valence-electron chi connectivity index (χ0n) is 27.3. The van der Waals surface area contributed by atoms with Gasteiger partial charge in [-0.25, -0.2) is 14.4 Å². The van der Waals surface area contributed by atoms with Crippen LogP contribution in [-0.2, 0) is 35.0 Å². The van der Waals surface area contributed by atoms with Crippen molar-refractivity contribution in [2.24, 2.45) is 0 Å². The Morgan fingerprint density at radius 2 is 1.52 bits per heavy atom. The lowest BCUT2D eigenvalue weighted by Gasteiger charge is -2.41. The first-order valence-corrected chi connectivity index (χ1v) is 15.4. The fraction of sp³-hybridized carbons (Fsp3) is 0.343. The van der Waals surface area contributed by atoms with Gasteiger partial charge in [0.25, 0.3) is 0 Å². The van der Waals surface area contributed by atoms with Gasteiger partial charge in [-0.2, -0.15) is 0 Å². The van der Waals surface area contributed by atoms with E-state index in [4.69, 9.17) is 52.1 Å². The van der Waals surface area contributed by atoms with E-state index in [2.05, 4.69) is 13.2 Å². The highest BCUT2D eigenvalue weighted by Gasteiger charge is 2.50. The van der Waals surface area contributed by atoms with E-state index in [1.807, 2.05) is 0 Å². The van der Waals surface area contributed by atoms with Crippen molar-refractivity contribution in [3.63, 3.8) is 0 Å². The van der Waals surface area contributed by atoms with E-state index in [-0.39, 0.29) is 37.9 Å². The van der Waals surface area contributed by atoms with E-state index in [1.54, 1.807) is 30.3 Å². The molecule has 15 nitrogen and oxygen atoms in total. The first-order chi connectivity index (χ1) is 24.2. The number of aliphatic hydroxyl groups is 1. The molecule has 3 aliphatic heterocycles. The summed E-state index contributed by atoms with van der Waals surface area (Å²) in [5.74, 6) is 1.20. The Bertz CT molecular complexity index is 1830. The third-order valence-electron chi connectivity index (χ3n) is 8.17. The first kappa shape index (κ1) is 34.2. The second kappa shape index (κ2) is 14.4. The zero-order chi connectivity index (χ0) is 35.5. The number of esters is 1. The van der Waals surface area contributed by atoms with Crippen LogP contribution in [0.25, 0.3) is 21.9 Å². The molecule has 1 unspecified atom stereocenters. The maximum Gasteiger partial charge on any atom is 0.509 e. The van der Waals surface area contributed by atoms with Crippen LogP contribution in [0.3, 0.4) is 0 Å². The lowest BCUT2D eigenvalue weighted by Crippen LogP contribution is -2.61. The third-order valence-corrected chi connectivity index (χ3v) is 8.17. The summed E-state index contributed by atoms with van der Waals surface area (Å²) in [6.07, 6.45) is -6.89. The summed E-state index contributed by atoms with van der Waals surface area (Å²) in [7, 11) is 2.94. The molecule has 3 aliphatic rings. The second-order valence-corrected chi connectivity index (χ2v) is 11.1. The van der Waals surface area contributed by atoms with E-state index >= 15 is 0 Å². The summed E-state index contributed by atoms with van der Waals surface area (Å²) in [6.45, 7) is 8.02. The quantitative estimate of drug-likeness (QED) is 0.164. The van der Waals surface area contributed by atoms with Gasteiger partial charge in [0.15, 0.2) is 35.2 Å². The molecule has 0 saturated carbocycles. The molecule has 3 heterocycles. The molecule has 3 aromatic rings. The van der Waals surface area contributed by atoms with Gasteiger partial charge in [0.1, 0.15) is 31.7 Å². The molecular weight excluding hydrogens is 660 g/mol. The number of methoxy groups -OCH3 is 2. The van der Waals surface area contributed by atoms with Gasteiger partial charge in [0.05, 0.1) is 25.9 Å². The lowest BCUT2D eigenvalue weighted by atomic mass is 9.89. The Hall–Kier alpha value is -5.67. The molecule has 1 N–H and O–H groups in total. The number of carbonyl (C=O) groups excluding carboxylic acids is 3. The molecule has 1 fully saturated rings. The third kappa shape index (κ3) is 6.40. The summed E-state index contributed by atoms with van der Waals surface area (Å²) in [5, 5.41) is 12.4. The first-order valence-electron chi connectivity index (χ1n) is 15.4. The van der Waals surface area contributed by atoms with Crippen LogP contribution >= 0.6 is 0 Å². The van der Waals surface area contributed by atoms with Crippen LogP contribution in [0.1, 0.15) is 22.8 Å². The molecule has 50 heavy (non-hydrogen) atoms. The summed E-state index contributed by atoms with van der Waals surface area (Å²) in [5.41, 5.74) is 1.64. The Morgan fingerprint density at radius 3 is 2.18 bits per heavy atom. The van der Waals surface area contributed by atoms with Crippen LogP contribution in [0, 0.1) is 0 Å². The Balaban J connectivity index is 1.48. The summed E-state index contributed by atoms with van der Waals surface area (Å²) >= 11 is 0. The number of hydrogen-bond acceptors (Lipinski definition) is 15. The van der Waals surface area contributed by atoms with Crippen LogP contribution in [-0.4, -0.2) is 88.3 Å². The molecule has 0 radical (unpaired) electrons. The standard InChI is InChI=1S/C35H34O15/c1-6-10-42-34(38)49-29-17(3)47-33(31(28(29)36)50-35(39)43-11-7-2)48-30-20-14-24(41-5)23(40-4)13-19(20)26(27-21(30)15-44-32(27)37)18-8-9-22-25(12-18)46-16-45-22/h6-9,12-14,17,28-29,31,33,36H,1-2,10-11,15-16H2,3-5H3/t17-,28+,29-,31-,33?/m1/s1. The maximum absolute atomic E-state index is 13.5. The average molecular weight is 695 g/mol. The molecule has 6 rings (SSSR count). The Labute approximate surface area is 285 Å². The van der Waals surface area contributed by atoms with E-state index in [0.717, 1.165) is 0 Å². The van der Waals surface area contributed by atoms with E-state index < -0.39 is 49.0 Å². The van der Waals surface area contributed by atoms with Gasteiger partial charge in [-0.15, -0.1) is 0 Å². The summed E-state index contributed by atoms with van der Waals surface area (Å²) < 4.78 is 61.1. The van der Waals surface area contributed by atoms with Crippen molar-refractivity contribution >= 4 is 29.1 Å². The highest BCUT2D eigenvalue weighted by atomic mass is 16.8. The Kier molecular flexibility index (Phi) is 9.88. The highest BCUT2D eigenvalue weighted by Crippen LogP contribution is 2.50. The lowest BCUT2D eigenvalue weighted by molar-refractivity contribution is -0.271. The molecular formula is C35H34O15. The molecule has 0 aliphatic carbocycles. The minimum atomic E-state index is -1.70. The van der Waals surface area contributed by atoms with Gasteiger partial charge < -0.3 is 57.2 Å². The molecule has 0 bridgehead atoms. The van der Waals surface area contributed by atoms with Crippen LogP contribution < -0.4 is 23.7 Å². The number of hydrogen-bond donors (Lipinski definition) is 1. The Morgan fingerprint density at radius 1 is 0.880 bits per heavy atom. The van der Waals surface area contributed by atoms with Gasteiger partial charge in [0, 0.05) is 16.5 Å². The fourth-order valence-electron chi connectivity index (χ4n) is 5.93. The average Bonchev–Trinajstić information content (AvgIpc) is 3.75. The monoisotopic (exact) mass is 694 g/mol. The second-order valence-electron chi connectivity index (χ2n) is 11.1. The smallest absolute Gasteiger partial charge is 0.493 e. The van der Waals surface area contributed by atoms with Crippen LogP contribution in [0.5, 0.6) is 28.7 Å². The minimum Gasteiger partial charge on any atom is -0.493 e. The van der Waals surface area contributed by atoms with Gasteiger partial charge in [-0.1, -0.05) is 31.4 Å². The van der Waals surface area contributed by atoms with Gasteiger partial charge >= 0.3 is 18.3 Å². The topological polar surface area (TPSA) is 173 Å². The largest absolute Gasteiger partial charge is 0.509 e. The van der Waals surface area contributed by atoms with Crippen molar-refractivity contribution in [3.8, 4) is 39.9 Å². The fourth-order valence-corrected chi connectivity index (χ4v) is 5.93. The predicted octanol–water partition coefficient (Wildman–Crippen LogP) is 4.82. The number of cyclic esters (lactones) is 1. The van der Waals surface area contributed by atoms with Gasteiger partial charge in [-0.05, 0) is 42.1 Å². The van der Waals surface area contributed by atoms with Gasteiger partial charge in [-0.3, -0.25) is 0 Å². The molecule has 0 spiro atoms. The van der Waals surface area contributed by atoms with Crippen molar-refractivity contribution < 1.29 is 71.6 Å². The molecule has 0 amide bonds. The molecule has 3 aromatic carbocycles. The van der Waals surface area contributed by atoms with Crippen LogP contribution in [0.15, 0.2) is 55.6 Å². The summed E-state index contributed by atoms with van der Waals surface area (Å²) in [4.78, 5) is 38.5. The number of ether oxygens (including phenoxy) is 11. The van der Waals surface area contributed by atoms with Crippen LogP contribution in [0.2, 0.25) is 0 Å². The minimum absolute atomic E-state index is 0.0510. The van der Waals surface area contributed by atoms with E-state index in [9.17, 15) is 19.5 Å². The van der Waals surface area contributed by atoms with E-state index in [1.165, 1.54) is 33.3 Å². The van der Waals surface area contributed by atoms with Crippen molar-refractivity contribution in [3.05, 3.63) is 66.8 Å². The number of aliphatic hydroxyl groups excluding tert-OH is 1. The molecule has 264 valence electrons. The zero-order valence-corrected chi connectivity index (χ0v) is 27.3. The summed E-state index contributed by atoms with van der Waals surface area (Å²) in [6, 6.07) is 8.61. The van der Waals surface area contributed by atoms with E-state index in [0.29, 0.717) is 50.5 Å². The van der Waals surface area contributed by atoms with Crippen LogP contribution in [0.4, 0.5) is 9.59 Å². The number of rotatable bonds is 11. The number of carbonyl (C=O) groups is 3. The molecule has 0 aromatic heterocycles. The van der Waals surface area contributed by atoms with Crippen molar-refractivity contribution in [1.29, 1.82) is 0 Å². The number of fused-ring (bicyclic) bond motifs is 3. The predicted molar refractivity (Wildman–Crippen MR) is 172 cm³/mol. The number of benzene rings is 3. The normalized spacial score (nSPS) is 21.8. The van der Waals surface area contributed by atoms with Gasteiger partial charge in [0.2, 0.25) is 13.1 Å². The molecule has 5 atom stereocenters. The molecule has 1 saturated heterocycles. The highest BCUT2D eigenvalue weighted by molar-refractivity contribution is 6.14. The SMILES string of the molecule is C=CCOC(=O)O[C@H]1[C@H](O)[C@@H](OC(=O)OCC=C)C(Oc2c3c(c(-c4ccc5c(c4)OCO5)c4cc(OC)c(OC)cc24)C(=O)OC3)O[C@@H]1C. The molecule has 15 heteroatoms.